The highest BCUT2D eigenvalue weighted by molar-refractivity contribution is 6.30. The molecule has 2 aromatic rings. The fourth-order valence-electron chi connectivity index (χ4n) is 2.76. The lowest BCUT2D eigenvalue weighted by Crippen LogP contribution is -2.54. The van der Waals surface area contributed by atoms with Crippen molar-refractivity contribution in [3.05, 3.63) is 58.6 Å². The molecule has 2 amide bonds. The highest BCUT2D eigenvalue weighted by Gasteiger charge is 2.39. The van der Waals surface area contributed by atoms with Gasteiger partial charge in [-0.25, -0.2) is 4.79 Å². The summed E-state index contributed by atoms with van der Waals surface area (Å²) in [6.45, 7) is 2.05. The summed E-state index contributed by atoms with van der Waals surface area (Å²) in [4.78, 5) is 14.2. The molecule has 6 heteroatoms. The summed E-state index contributed by atoms with van der Waals surface area (Å²) in [6, 6.07) is 14.6. The second kappa shape index (κ2) is 6.06. The number of halogens is 1. The van der Waals surface area contributed by atoms with Crippen molar-refractivity contribution in [2.45, 2.75) is 19.0 Å². The Balaban J connectivity index is 2.00. The maximum absolute atomic E-state index is 12.5. The van der Waals surface area contributed by atoms with Gasteiger partial charge in [-0.2, -0.15) is 5.26 Å². The third-order valence-corrected chi connectivity index (χ3v) is 4.35. The summed E-state index contributed by atoms with van der Waals surface area (Å²) in [5.74, 6) is 0.756. The van der Waals surface area contributed by atoms with E-state index >= 15 is 0 Å². The number of nitrogens with zero attached hydrogens (tertiary/aromatic N) is 2. The van der Waals surface area contributed by atoms with Crippen LogP contribution in [-0.4, -0.2) is 13.1 Å². The van der Waals surface area contributed by atoms with Gasteiger partial charge in [-0.1, -0.05) is 23.7 Å². The molecular weight excluding hydrogens is 326 g/mol. The molecule has 1 N–H and O–H groups in total. The molecule has 0 fully saturated rings. The quantitative estimate of drug-likeness (QED) is 0.923. The summed E-state index contributed by atoms with van der Waals surface area (Å²) in [7, 11) is 1.61. The number of anilines is 1. The second-order valence-electron chi connectivity index (χ2n) is 5.76. The van der Waals surface area contributed by atoms with Crippen LogP contribution in [0.1, 0.15) is 18.1 Å². The van der Waals surface area contributed by atoms with Gasteiger partial charge in [-0.3, -0.25) is 4.90 Å². The minimum atomic E-state index is -1.10. The van der Waals surface area contributed by atoms with Crippen molar-refractivity contribution in [1.29, 1.82) is 5.26 Å². The summed E-state index contributed by atoms with van der Waals surface area (Å²) < 4.78 is 5.15. The first kappa shape index (κ1) is 16.2. The zero-order chi connectivity index (χ0) is 17.3. The lowest BCUT2D eigenvalue weighted by molar-refractivity contribution is 0.236. The van der Waals surface area contributed by atoms with Crippen molar-refractivity contribution < 1.29 is 9.53 Å². The lowest BCUT2D eigenvalue weighted by atomic mass is 9.89. The molecule has 0 saturated carbocycles. The summed E-state index contributed by atoms with van der Waals surface area (Å²) >= 11 is 6.08. The Morgan fingerprint density at radius 2 is 2.00 bits per heavy atom. The number of benzene rings is 2. The van der Waals surface area contributed by atoms with Crippen molar-refractivity contribution in [2.24, 2.45) is 0 Å². The van der Waals surface area contributed by atoms with E-state index in [9.17, 15) is 10.1 Å². The van der Waals surface area contributed by atoms with Gasteiger partial charge in [0.05, 0.1) is 25.4 Å². The lowest BCUT2D eigenvalue weighted by Gasteiger charge is -2.38. The Morgan fingerprint density at radius 1 is 1.29 bits per heavy atom. The van der Waals surface area contributed by atoms with Gasteiger partial charge in [0, 0.05) is 10.6 Å². The highest BCUT2D eigenvalue weighted by atomic mass is 35.5. The van der Waals surface area contributed by atoms with Crippen molar-refractivity contribution >= 4 is 23.3 Å². The number of urea groups is 1. The number of rotatable bonds is 3. The molecular formula is C18H16ClN3O2. The van der Waals surface area contributed by atoms with Crippen LogP contribution in [0.2, 0.25) is 5.02 Å². The molecule has 5 nitrogen and oxygen atoms in total. The van der Waals surface area contributed by atoms with Crippen LogP contribution in [0.4, 0.5) is 10.5 Å². The molecule has 2 aromatic carbocycles. The minimum absolute atomic E-state index is 0.315. The summed E-state index contributed by atoms with van der Waals surface area (Å²) in [5, 5.41) is 12.8. The molecule has 0 unspecified atom stereocenters. The first-order valence-corrected chi connectivity index (χ1v) is 7.78. The van der Waals surface area contributed by atoms with E-state index in [2.05, 4.69) is 11.4 Å². The molecule has 1 atom stereocenters. The van der Waals surface area contributed by atoms with Gasteiger partial charge in [-0.15, -0.1) is 0 Å². The van der Waals surface area contributed by atoms with E-state index in [1.165, 1.54) is 0 Å². The van der Waals surface area contributed by atoms with Crippen LogP contribution in [0.3, 0.4) is 0 Å². The van der Waals surface area contributed by atoms with Crippen molar-refractivity contribution in [2.75, 3.05) is 12.0 Å². The van der Waals surface area contributed by atoms with Crippen LogP contribution in [-0.2, 0) is 12.1 Å². The molecule has 0 saturated heterocycles. The molecule has 3 rings (SSSR count). The van der Waals surface area contributed by atoms with Crippen LogP contribution < -0.4 is 15.0 Å². The average molecular weight is 342 g/mol. The smallest absolute Gasteiger partial charge is 0.323 e. The first-order chi connectivity index (χ1) is 11.5. The Bertz CT molecular complexity index is 829. The molecule has 1 aliphatic heterocycles. The number of nitriles is 1. The van der Waals surface area contributed by atoms with E-state index in [0.29, 0.717) is 22.8 Å². The van der Waals surface area contributed by atoms with E-state index in [0.717, 1.165) is 11.3 Å². The van der Waals surface area contributed by atoms with Gasteiger partial charge < -0.3 is 10.1 Å². The van der Waals surface area contributed by atoms with Crippen LogP contribution in [0.25, 0.3) is 0 Å². The topological polar surface area (TPSA) is 65.4 Å². The van der Waals surface area contributed by atoms with Gasteiger partial charge in [0.2, 0.25) is 0 Å². The molecule has 0 aromatic heterocycles. The highest BCUT2D eigenvalue weighted by Crippen LogP contribution is 2.37. The van der Waals surface area contributed by atoms with Crippen LogP contribution in [0, 0.1) is 11.3 Å². The van der Waals surface area contributed by atoms with Crippen LogP contribution in [0.5, 0.6) is 5.75 Å². The fourth-order valence-corrected chi connectivity index (χ4v) is 2.93. The molecule has 1 aliphatic rings. The number of carbonyl (C=O) groups is 1. The van der Waals surface area contributed by atoms with Crippen molar-refractivity contribution in [3.63, 3.8) is 0 Å². The van der Waals surface area contributed by atoms with Crippen LogP contribution in [0.15, 0.2) is 42.5 Å². The number of carbonyl (C=O) groups excluding carboxylic acids is 1. The summed E-state index contributed by atoms with van der Waals surface area (Å²) in [5.41, 5.74) is 1.22. The zero-order valence-electron chi connectivity index (χ0n) is 13.3. The number of amides is 2. The maximum atomic E-state index is 12.5. The molecule has 0 spiro atoms. The molecule has 0 aliphatic carbocycles. The third-order valence-electron chi connectivity index (χ3n) is 4.11. The van der Waals surface area contributed by atoms with Gasteiger partial charge in [-0.05, 0) is 42.8 Å². The molecule has 0 radical (unpaired) electrons. The monoisotopic (exact) mass is 341 g/mol. The number of ether oxygens (including phenoxy) is 1. The largest absolute Gasteiger partial charge is 0.497 e. The molecule has 24 heavy (non-hydrogen) atoms. The molecule has 0 bridgehead atoms. The van der Waals surface area contributed by atoms with E-state index in [4.69, 9.17) is 16.3 Å². The van der Waals surface area contributed by atoms with Crippen LogP contribution >= 0.6 is 11.6 Å². The van der Waals surface area contributed by atoms with Gasteiger partial charge in [0.15, 0.2) is 5.54 Å². The third kappa shape index (κ3) is 2.77. The normalized spacial score (nSPS) is 19.2. The van der Waals surface area contributed by atoms with E-state index in [-0.39, 0.29) is 6.03 Å². The number of hydrogen-bond donors (Lipinski definition) is 1. The number of fused-ring (bicyclic) bond motifs is 1. The van der Waals surface area contributed by atoms with E-state index in [1.54, 1.807) is 37.1 Å². The Labute approximate surface area is 145 Å². The van der Waals surface area contributed by atoms with Crippen molar-refractivity contribution in [1.82, 2.24) is 5.32 Å². The molecule has 122 valence electrons. The fraction of sp³-hybridized carbons (Fsp3) is 0.222. The molecule has 1 heterocycles. The number of nitrogens with one attached hydrogen (secondary N) is 1. The number of methoxy groups -OCH3 is 1. The average Bonchev–Trinajstić information content (AvgIpc) is 2.59. The first-order valence-electron chi connectivity index (χ1n) is 7.41. The standard InChI is InChI=1S/C18H16ClN3O2/c1-18(11-20)15-9-13(19)5-8-16(15)22(17(23)21-18)10-12-3-6-14(24-2)7-4-12/h3-9H,10H2,1-2H3,(H,21,23)/t18-/m0/s1. The Morgan fingerprint density at radius 3 is 2.62 bits per heavy atom. The van der Waals surface area contributed by atoms with Gasteiger partial charge >= 0.3 is 6.03 Å². The predicted octanol–water partition coefficient (Wildman–Crippen LogP) is 3.82. The predicted molar refractivity (Wildman–Crippen MR) is 92.1 cm³/mol. The minimum Gasteiger partial charge on any atom is -0.497 e. The second-order valence-corrected chi connectivity index (χ2v) is 6.20. The van der Waals surface area contributed by atoms with Gasteiger partial charge in [0.1, 0.15) is 5.75 Å². The zero-order valence-corrected chi connectivity index (χ0v) is 14.1. The summed E-state index contributed by atoms with van der Waals surface area (Å²) in [6.07, 6.45) is 0. The number of hydrogen-bond acceptors (Lipinski definition) is 3. The Kier molecular flexibility index (Phi) is 4.08. The van der Waals surface area contributed by atoms with E-state index < -0.39 is 5.54 Å². The van der Waals surface area contributed by atoms with E-state index in [1.807, 2.05) is 24.3 Å². The van der Waals surface area contributed by atoms with Crippen molar-refractivity contribution in [3.8, 4) is 11.8 Å². The Hall–Kier alpha value is -2.71. The van der Waals surface area contributed by atoms with Gasteiger partial charge in [0.25, 0.3) is 0 Å². The maximum Gasteiger partial charge on any atom is 0.323 e. The SMILES string of the molecule is COc1ccc(CN2C(=O)N[C@@](C)(C#N)c3cc(Cl)ccc32)cc1.